The van der Waals surface area contributed by atoms with Crippen molar-refractivity contribution < 1.29 is 19.5 Å². The molecule has 2 heterocycles. The average molecular weight is 358 g/mol. The highest BCUT2D eigenvalue weighted by Crippen LogP contribution is 2.36. The minimum absolute atomic E-state index is 0.287. The van der Waals surface area contributed by atoms with Crippen LogP contribution in [-0.4, -0.2) is 45.0 Å². The number of alkyl halides is 1. The Morgan fingerprint density at radius 3 is 2.29 bits per heavy atom. The monoisotopic (exact) mass is 357 g/mol. The molecule has 7 heteroatoms. The van der Waals surface area contributed by atoms with E-state index in [9.17, 15) is 10.2 Å². The number of halogens is 1. The minimum Gasteiger partial charge on any atom is -0.399 e. The van der Waals surface area contributed by atoms with Crippen molar-refractivity contribution in [3.8, 4) is 0 Å². The Morgan fingerprint density at radius 2 is 1.76 bits per heavy atom. The van der Waals surface area contributed by atoms with E-state index in [0.29, 0.717) is 5.56 Å². The fourth-order valence-electron chi connectivity index (χ4n) is 2.05. The summed E-state index contributed by atoms with van der Waals surface area (Å²) in [5.41, 5.74) is 0.407. The fraction of sp³-hybridized carbons (Fsp3) is 0.643. The van der Waals surface area contributed by atoms with Gasteiger partial charge in [0.25, 0.3) is 0 Å². The van der Waals surface area contributed by atoms with Gasteiger partial charge in [-0.3, -0.25) is 4.98 Å². The molecular weight excluding hydrogens is 337 g/mol. The van der Waals surface area contributed by atoms with Gasteiger partial charge in [-0.2, -0.15) is 0 Å². The van der Waals surface area contributed by atoms with Crippen molar-refractivity contribution in [2.24, 2.45) is 0 Å². The molecule has 0 saturated carbocycles. The maximum Gasteiger partial charge on any atom is 0.496 e. The van der Waals surface area contributed by atoms with Gasteiger partial charge in [0.1, 0.15) is 6.10 Å². The fourth-order valence-corrected chi connectivity index (χ4v) is 2.41. The van der Waals surface area contributed by atoms with Crippen molar-refractivity contribution in [2.75, 3.05) is 5.33 Å². The summed E-state index contributed by atoms with van der Waals surface area (Å²) in [6.07, 6.45) is 1.30. The predicted molar refractivity (Wildman–Crippen MR) is 84.7 cm³/mol. The number of aromatic nitrogens is 1. The first-order chi connectivity index (χ1) is 9.68. The van der Waals surface area contributed by atoms with Gasteiger partial charge in [-0.1, -0.05) is 22.0 Å². The third-order valence-electron chi connectivity index (χ3n) is 4.17. The van der Waals surface area contributed by atoms with Crippen LogP contribution in [0, 0.1) is 0 Å². The van der Waals surface area contributed by atoms with E-state index in [1.54, 1.807) is 12.3 Å². The van der Waals surface area contributed by atoms with E-state index in [-0.39, 0.29) is 5.33 Å². The first-order valence-electron chi connectivity index (χ1n) is 6.90. The van der Waals surface area contributed by atoms with Crippen LogP contribution in [0.15, 0.2) is 18.5 Å². The summed E-state index contributed by atoms with van der Waals surface area (Å²) < 4.78 is 11.9. The zero-order chi connectivity index (χ0) is 15.8. The molecule has 1 fully saturated rings. The zero-order valence-electron chi connectivity index (χ0n) is 12.7. The van der Waals surface area contributed by atoms with Gasteiger partial charge in [0.15, 0.2) is 0 Å². The van der Waals surface area contributed by atoms with Crippen LogP contribution in [0.2, 0.25) is 0 Å². The molecule has 0 aromatic carbocycles. The van der Waals surface area contributed by atoms with Crippen LogP contribution < -0.4 is 5.46 Å². The van der Waals surface area contributed by atoms with E-state index >= 15 is 0 Å². The second kappa shape index (κ2) is 5.97. The van der Waals surface area contributed by atoms with E-state index in [1.807, 2.05) is 27.7 Å². The number of rotatable bonds is 4. The molecule has 1 aromatic rings. The highest BCUT2D eigenvalue weighted by molar-refractivity contribution is 9.09. The van der Waals surface area contributed by atoms with Crippen LogP contribution in [-0.2, 0) is 9.31 Å². The van der Waals surface area contributed by atoms with Crippen LogP contribution in [0.3, 0.4) is 0 Å². The molecule has 116 valence electrons. The van der Waals surface area contributed by atoms with Crippen molar-refractivity contribution in [1.29, 1.82) is 0 Å². The lowest BCUT2D eigenvalue weighted by molar-refractivity contribution is 0.00578. The summed E-state index contributed by atoms with van der Waals surface area (Å²) in [4.78, 5) is 4.12. The Bertz CT molecular complexity index is 496. The average Bonchev–Trinajstić information content (AvgIpc) is 2.66. The second-order valence-electron chi connectivity index (χ2n) is 6.31. The molecule has 2 unspecified atom stereocenters. The first-order valence-corrected chi connectivity index (χ1v) is 8.02. The lowest BCUT2D eigenvalue weighted by Crippen LogP contribution is -2.41. The number of aliphatic hydroxyl groups is 2. The van der Waals surface area contributed by atoms with Gasteiger partial charge in [0, 0.05) is 28.8 Å². The minimum atomic E-state index is -1.00. The molecule has 0 aliphatic carbocycles. The number of pyridine rings is 1. The standard InChI is InChI=1S/C14H21BBrNO4/c1-13(2)14(3,4)21-15(20-13)10-5-9(7-17-8-10)12(19)11(18)6-16/h5,7-8,11-12,18-19H,6H2,1-4H3. The topological polar surface area (TPSA) is 71.8 Å². The summed E-state index contributed by atoms with van der Waals surface area (Å²) in [6, 6.07) is 1.76. The van der Waals surface area contributed by atoms with Crippen LogP contribution in [0.5, 0.6) is 0 Å². The smallest absolute Gasteiger partial charge is 0.399 e. The number of aliphatic hydroxyl groups excluding tert-OH is 2. The number of nitrogens with zero attached hydrogens (tertiary/aromatic N) is 1. The maximum atomic E-state index is 10.1. The van der Waals surface area contributed by atoms with E-state index < -0.39 is 30.5 Å². The Labute approximate surface area is 134 Å². The van der Waals surface area contributed by atoms with E-state index in [4.69, 9.17) is 9.31 Å². The summed E-state index contributed by atoms with van der Waals surface area (Å²) in [7, 11) is -0.532. The molecule has 5 nitrogen and oxygen atoms in total. The Kier molecular flexibility index (Phi) is 4.80. The van der Waals surface area contributed by atoms with Gasteiger partial charge in [0.2, 0.25) is 0 Å². The summed E-state index contributed by atoms with van der Waals surface area (Å²) in [6.45, 7) is 7.92. The van der Waals surface area contributed by atoms with Gasteiger partial charge in [-0.25, -0.2) is 0 Å². The molecule has 0 radical (unpaired) electrons. The van der Waals surface area contributed by atoms with Crippen LogP contribution >= 0.6 is 15.9 Å². The molecule has 2 atom stereocenters. The normalized spacial score (nSPS) is 23.1. The lowest BCUT2D eigenvalue weighted by Gasteiger charge is -2.32. The van der Waals surface area contributed by atoms with Crippen molar-refractivity contribution in [3.63, 3.8) is 0 Å². The van der Waals surface area contributed by atoms with Gasteiger partial charge >= 0.3 is 7.12 Å². The van der Waals surface area contributed by atoms with E-state index in [2.05, 4.69) is 20.9 Å². The van der Waals surface area contributed by atoms with Gasteiger partial charge in [-0.05, 0) is 27.7 Å². The van der Waals surface area contributed by atoms with Gasteiger partial charge < -0.3 is 19.5 Å². The second-order valence-corrected chi connectivity index (χ2v) is 6.95. The third-order valence-corrected chi connectivity index (χ3v) is 4.83. The number of hydrogen-bond acceptors (Lipinski definition) is 5. The van der Waals surface area contributed by atoms with Crippen LogP contribution in [0.1, 0.15) is 39.4 Å². The highest BCUT2D eigenvalue weighted by Gasteiger charge is 2.51. The van der Waals surface area contributed by atoms with Crippen LogP contribution in [0.4, 0.5) is 0 Å². The molecule has 0 bridgehead atoms. The molecule has 1 aliphatic heterocycles. The van der Waals surface area contributed by atoms with Crippen molar-refractivity contribution in [3.05, 3.63) is 24.0 Å². The van der Waals surface area contributed by atoms with Gasteiger partial charge in [0.05, 0.1) is 17.3 Å². The molecule has 2 rings (SSSR count). The summed E-state index contributed by atoms with van der Waals surface area (Å²) >= 11 is 3.15. The SMILES string of the molecule is CC1(C)OB(c2cncc(C(O)C(O)CBr)c2)OC1(C)C. The summed E-state index contributed by atoms with van der Waals surface area (Å²) in [5.74, 6) is 0. The Morgan fingerprint density at radius 1 is 1.19 bits per heavy atom. The van der Waals surface area contributed by atoms with Crippen LogP contribution in [0.25, 0.3) is 0 Å². The third kappa shape index (κ3) is 3.32. The number of hydrogen-bond donors (Lipinski definition) is 2. The van der Waals surface area contributed by atoms with Gasteiger partial charge in [-0.15, -0.1) is 0 Å². The Hall–Kier alpha value is -0.465. The molecular formula is C14H21BBrNO4. The maximum absolute atomic E-state index is 10.1. The van der Waals surface area contributed by atoms with E-state index in [0.717, 1.165) is 5.46 Å². The summed E-state index contributed by atoms with van der Waals surface area (Å²) in [5, 5.41) is 20.1. The first kappa shape index (κ1) is 16.9. The van der Waals surface area contributed by atoms with E-state index in [1.165, 1.54) is 6.20 Å². The largest absolute Gasteiger partial charge is 0.496 e. The molecule has 21 heavy (non-hydrogen) atoms. The molecule has 1 aliphatic rings. The van der Waals surface area contributed by atoms with Crippen molar-refractivity contribution in [2.45, 2.75) is 51.1 Å². The molecule has 1 saturated heterocycles. The quantitative estimate of drug-likeness (QED) is 0.625. The lowest BCUT2D eigenvalue weighted by atomic mass is 9.79. The molecule has 1 aromatic heterocycles. The zero-order valence-corrected chi connectivity index (χ0v) is 14.3. The highest BCUT2D eigenvalue weighted by atomic mass is 79.9. The molecule has 0 spiro atoms. The molecule has 0 amide bonds. The predicted octanol–water partition coefficient (Wildman–Crippen LogP) is 1.17. The van der Waals surface area contributed by atoms with Crippen molar-refractivity contribution >= 4 is 28.5 Å². The van der Waals surface area contributed by atoms with Crippen molar-refractivity contribution in [1.82, 2.24) is 4.98 Å². The molecule has 2 N–H and O–H groups in total. The Balaban J connectivity index is 2.23.